The Kier molecular flexibility index (Phi) is 8.10. The normalized spacial score (nSPS) is 14.7. The van der Waals surface area contributed by atoms with Crippen LogP contribution in [0.5, 0.6) is 0 Å². The summed E-state index contributed by atoms with van der Waals surface area (Å²) in [5, 5.41) is 4.47. The van der Waals surface area contributed by atoms with E-state index < -0.39 is 47.2 Å². The predicted octanol–water partition coefficient (Wildman–Crippen LogP) is 3.51. The first-order chi connectivity index (χ1) is 12.3. The van der Waals surface area contributed by atoms with E-state index in [1.807, 2.05) is 0 Å². The number of hydrogen-bond acceptors (Lipinski definition) is 4. The lowest BCUT2D eigenvalue weighted by Crippen LogP contribution is -2.43. The molecule has 162 valence electrons. The minimum Gasteiger partial charge on any atom is -0.387 e. The van der Waals surface area contributed by atoms with E-state index in [4.69, 9.17) is 0 Å². The van der Waals surface area contributed by atoms with Crippen molar-refractivity contribution in [3.8, 4) is 0 Å². The topological polar surface area (TPSA) is 58.2 Å². The Morgan fingerprint density at radius 3 is 1.11 bits per heavy atom. The summed E-state index contributed by atoms with van der Waals surface area (Å²) in [6.45, 7) is 1.45. The molecule has 14 heteroatoms. The summed E-state index contributed by atoms with van der Waals surface area (Å²) in [7, 11) is 0. The molecule has 0 bridgehead atoms. The Morgan fingerprint density at radius 2 is 0.893 bits per heavy atom. The number of nitrogens with one attached hydrogen (secondary N) is 2. The highest BCUT2D eigenvalue weighted by Crippen LogP contribution is 2.37. The fraction of sp³-hybridized carbons (Fsp3) is 0.571. The molecule has 0 aliphatic rings. The highest BCUT2D eigenvalue weighted by Gasteiger charge is 2.63. The van der Waals surface area contributed by atoms with Crippen LogP contribution < -0.4 is 10.6 Å². The minimum absolute atomic E-state index is 0.00357. The van der Waals surface area contributed by atoms with Gasteiger partial charge in [-0.05, 0) is 13.8 Å². The Hall–Kier alpha value is -2.28. The van der Waals surface area contributed by atoms with Gasteiger partial charge in [-0.2, -0.15) is 43.9 Å². The molecular weight excluding hydrogens is 418 g/mol. The number of rotatable bonds is 9. The molecule has 0 aromatic heterocycles. The van der Waals surface area contributed by atoms with Gasteiger partial charge in [0.15, 0.2) is 0 Å². The predicted molar refractivity (Wildman–Crippen MR) is 75.5 cm³/mol. The van der Waals surface area contributed by atoms with Crippen LogP contribution in [0, 0.1) is 0 Å². The molecule has 0 radical (unpaired) electrons. The van der Waals surface area contributed by atoms with Crippen LogP contribution in [0.3, 0.4) is 0 Å². The van der Waals surface area contributed by atoms with Crippen LogP contribution in [0.25, 0.3) is 0 Å². The Balaban J connectivity index is 4.68. The molecule has 28 heavy (non-hydrogen) atoms. The third kappa shape index (κ3) is 6.71. The lowest BCUT2D eigenvalue weighted by atomic mass is 10.2. The van der Waals surface area contributed by atoms with Crippen molar-refractivity contribution < 1.29 is 53.5 Å². The van der Waals surface area contributed by atoms with Gasteiger partial charge in [-0.1, -0.05) is 0 Å². The van der Waals surface area contributed by atoms with Gasteiger partial charge in [-0.25, -0.2) is 0 Å². The second kappa shape index (κ2) is 8.82. The van der Waals surface area contributed by atoms with Crippen LogP contribution in [0.2, 0.25) is 0 Å². The van der Waals surface area contributed by atoms with Crippen LogP contribution in [-0.2, 0) is 9.59 Å². The number of hydrogen-bond donors (Lipinski definition) is 2. The van der Waals surface area contributed by atoms with Gasteiger partial charge in [0.25, 0.3) is 0 Å². The van der Waals surface area contributed by atoms with Crippen LogP contribution >= 0.6 is 0 Å². The molecule has 0 rings (SSSR count). The number of halogens is 10. The van der Waals surface area contributed by atoms with Crippen molar-refractivity contribution in [2.45, 2.75) is 38.0 Å². The summed E-state index contributed by atoms with van der Waals surface area (Å²) < 4.78 is 123. The zero-order valence-corrected chi connectivity index (χ0v) is 14.2. The molecule has 0 amide bonds. The number of carbonyl (C=O) groups excluding carboxylic acids is 2. The second-order valence-electron chi connectivity index (χ2n) is 5.38. The number of alkyl halides is 10. The molecule has 0 heterocycles. The van der Waals surface area contributed by atoms with Crippen LogP contribution in [0.1, 0.15) is 13.8 Å². The molecule has 0 unspecified atom stereocenters. The highest BCUT2D eigenvalue weighted by molar-refractivity contribution is 5.97. The fourth-order valence-corrected chi connectivity index (χ4v) is 1.48. The summed E-state index contributed by atoms with van der Waals surface area (Å²) in [5.74, 6) is -16.2. The number of ketones is 2. The maximum Gasteiger partial charge on any atom is 0.461 e. The van der Waals surface area contributed by atoms with Crippen molar-refractivity contribution in [3.05, 3.63) is 23.5 Å². The summed E-state index contributed by atoms with van der Waals surface area (Å²) in [4.78, 5) is 21.9. The smallest absolute Gasteiger partial charge is 0.387 e. The van der Waals surface area contributed by atoms with Crippen LogP contribution in [0.4, 0.5) is 43.9 Å². The number of carbonyl (C=O) groups is 2. The van der Waals surface area contributed by atoms with E-state index in [0.717, 1.165) is 13.8 Å². The van der Waals surface area contributed by atoms with E-state index in [9.17, 15) is 53.5 Å². The number of allylic oxidation sites excluding steroid dienone is 4. The van der Waals surface area contributed by atoms with Crippen molar-refractivity contribution in [1.82, 2.24) is 10.6 Å². The molecule has 2 N–H and O–H groups in total. The largest absolute Gasteiger partial charge is 0.461 e. The summed E-state index contributed by atoms with van der Waals surface area (Å²) in [6.07, 6.45) is -12.1. The van der Waals surface area contributed by atoms with Crippen molar-refractivity contribution in [3.63, 3.8) is 0 Å². The van der Waals surface area contributed by atoms with Gasteiger partial charge >= 0.3 is 24.2 Å². The van der Waals surface area contributed by atoms with Gasteiger partial charge < -0.3 is 10.6 Å². The first-order valence-electron chi connectivity index (χ1n) is 7.16. The van der Waals surface area contributed by atoms with Gasteiger partial charge in [-0.15, -0.1) is 0 Å². The van der Waals surface area contributed by atoms with E-state index in [1.54, 1.807) is 0 Å². The second-order valence-corrected chi connectivity index (χ2v) is 5.38. The van der Waals surface area contributed by atoms with Crippen molar-refractivity contribution in [2.75, 3.05) is 13.1 Å². The first kappa shape index (κ1) is 25.7. The summed E-state index contributed by atoms with van der Waals surface area (Å²) >= 11 is 0. The third-order valence-electron chi connectivity index (χ3n) is 2.96. The summed E-state index contributed by atoms with van der Waals surface area (Å²) in [5.41, 5.74) is -0.783. The molecule has 4 nitrogen and oxygen atoms in total. The Morgan fingerprint density at radius 1 is 0.643 bits per heavy atom. The maximum absolute atomic E-state index is 12.7. The lowest BCUT2D eigenvalue weighted by molar-refractivity contribution is -0.266. The molecule has 0 aliphatic carbocycles. The van der Waals surface area contributed by atoms with Crippen LogP contribution in [0.15, 0.2) is 23.5 Å². The monoisotopic (exact) mass is 432 g/mol. The van der Waals surface area contributed by atoms with Crippen molar-refractivity contribution in [2.24, 2.45) is 0 Å². The molecular formula is C14H14F10N2O2. The average molecular weight is 432 g/mol. The lowest BCUT2D eigenvalue weighted by Gasteiger charge is -2.17. The van der Waals surface area contributed by atoms with E-state index in [0.29, 0.717) is 0 Å². The van der Waals surface area contributed by atoms with Gasteiger partial charge in [-0.3, -0.25) is 9.59 Å². The highest BCUT2D eigenvalue weighted by atomic mass is 19.4. The fourth-order valence-electron chi connectivity index (χ4n) is 1.48. The first-order valence-corrected chi connectivity index (χ1v) is 7.16. The van der Waals surface area contributed by atoms with Gasteiger partial charge in [0.1, 0.15) is 0 Å². The molecule has 0 saturated carbocycles. The standard InChI is InChI=1S/C14H14F10N2O2/c1-7(5-9(27)11(15,16)13(19,20)21)25-3-4-26-8(2)6-10(28)12(17,18)14(22,23)24/h5-6,25-26H,3-4H2,1-2H3/b7-5-,8-6+. The van der Waals surface area contributed by atoms with E-state index in [2.05, 4.69) is 10.6 Å². The molecule has 0 aliphatic heterocycles. The van der Waals surface area contributed by atoms with E-state index >= 15 is 0 Å². The Bertz CT molecular complexity index is 591. The Labute approximate surface area is 151 Å². The zero-order chi connectivity index (χ0) is 22.6. The van der Waals surface area contributed by atoms with Gasteiger partial charge in [0, 0.05) is 36.6 Å². The molecule has 0 fully saturated rings. The molecule has 0 spiro atoms. The summed E-state index contributed by atoms with van der Waals surface area (Å²) in [6, 6.07) is 0. The van der Waals surface area contributed by atoms with Gasteiger partial charge in [0.05, 0.1) is 0 Å². The van der Waals surface area contributed by atoms with E-state index in [1.165, 1.54) is 0 Å². The van der Waals surface area contributed by atoms with Crippen LogP contribution in [-0.4, -0.2) is 48.9 Å². The quantitative estimate of drug-likeness (QED) is 0.333. The van der Waals surface area contributed by atoms with Gasteiger partial charge in [0.2, 0.25) is 11.6 Å². The molecule has 0 atom stereocenters. The maximum atomic E-state index is 12.7. The van der Waals surface area contributed by atoms with Crippen molar-refractivity contribution in [1.29, 1.82) is 0 Å². The molecule has 0 aromatic carbocycles. The van der Waals surface area contributed by atoms with E-state index in [-0.39, 0.29) is 25.2 Å². The average Bonchev–Trinajstić information content (AvgIpc) is 2.49. The third-order valence-corrected chi connectivity index (χ3v) is 2.96. The molecule has 0 aromatic rings. The van der Waals surface area contributed by atoms with Crippen molar-refractivity contribution >= 4 is 11.6 Å². The zero-order valence-electron chi connectivity index (χ0n) is 14.2. The SMILES string of the molecule is C/C(=C/C(=O)C(F)(F)C(F)(F)F)NCCN/C(C)=C/C(=O)C(F)(F)C(F)(F)F. The molecule has 0 saturated heterocycles. The minimum atomic E-state index is -6.07.